The molecule has 2 heterocycles. The van der Waals surface area contributed by atoms with Gasteiger partial charge in [0.05, 0.1) is 17.3 Å². The van der Waals surface area contributed by atoms with Crippen LogP contribution in [0.4, 0.5) is 11.8 Å². The van der Waals surface area contributed by atoms with Gasteiger partial charge in [-0.1, -0.05) is 75.4 Å². The molecule has 212 valence electrons. The average molecular weight is 571 g/mol. The van der Waals surface area contributed by atoms with E-state index in [1.54, 1.807) is 18.2 Å². The van der Waals surface area contributed by atoms with Gasteiger partial charge in [0.15, 0.2) is 0 Å². The van der Waals surface area contributed by atoms with Crippen LogP contribution in [0.1, 0.15) is 66.4 Å². The minimum Gasteiger partial charge on any atom is -0.452 e. The standard InChI is InChI=1S/C32H34N4O4S/c1-19-10-9-11-20(2)28(19)25-18-27-33-21(3)29(22-14-16-23(17-15-22)32(4,5)6)40-30(37)24-12-7-8-13-26(24)41(38,39)36-31(34-25)35-27/h7-18,21,29H,1-6H3,(H2,33,34,35,36)/t21-,29+/m1/s1. The number of hydrogen-bond acceptors (Lipinski definition) is 7. The van der Waals surface area contributed by atoms with E-state index in [4.69, 9.17) is 4.74 Å². The Labute approximate surface area is 241 Å². The first kappa shape index (κ1) is 28.3. The topological polar surface area (TPSA) is 110 Å². The van der Waals surface area contributed by atoms with Crippen molar-refractivity contribution >= 4 is 27.8 Å². The smallest absolute Gasteiger partial charge is 0.340 e. The molecule has 0 spiro atoms. The summed E-state index contributed by atoms with van der Waals surface area (Å²) in [5, 5.41) is 3.35. The monoisotopic (exact) mass is 570 g/mol. The molecule has 0 saturated heterocycles. The molecule has 0 fully saturated rings. The van der Waals surface area contributed by atoms with Crippen LogP contribution < -0.4 is 10.0 Å². The van der Waals surface area contributed by atoms with E-state index in [-0.39, 0.29) is 21.8 Å². The van der Waals surface area contributed by atoms with E-state index in [1.807, 2.05) is 63.2 Å². The predicted octanol–water partition coefficient (Wildman–Crippen LogP) is 6.57. The summed E-state index contributed by atoms with van der Waals surface area (Å²) in [4.78, 5) is 22.4. The maximum Gasteiger partial charge on any atom is 0.340 e. The molecule has 9 heteroatoms. The van der Waals surface area contributed by atoms with E-state index < -0.39 is 28.1 Å². The zero-order valence-electron chi connectivity index (χ0n) is 24.0. The number of cyclic esters (lactones) is 1. The molecule has 0 aliphatic carbocycles. The number of anilines is 2. The second kappa shape index (κ2) is 10.6. The van der Waals surface area contributed by atoms with Crippen molar-refractivity contribution in [3.8, 4) is 11.3 Å². The maximum atomic E-state index is 13.6. The van der Waals surface area contributed by atoms with Crippen LogP contribution in [0.2, 0.25) is 0 Å². The average Bonchev–Trinajstić information content (AvgIpc) is 2.90. The summed E-state index contributed by atoms with van der Waals surface area (Å²) >= 11 is 0. The molecule has 5 rings (SSSR count). The largest absolute Gasteiger partial charge is 0.452 e. The summed E-state index contributed by atoms with van der Waals surface area (Å²) in [5.74, 6) is -0.454. The van der Waals surface area contributed by atoms with Crippen LogP contribution in [0.25, 0.3) is 11.3 Å². The van der Waals surface area contributed by atoms with Gasteiger partial charge in [-0.3, -0.25) is 0 Å². The number of aryl methyl sites for hydroxylation is 2. The van der Waals surface area contributed by atoms with Crippen LogP contribution in [0.15, 0.2) is 77.7 Å². The Morgan fingerprint density at radius 3 is 2.20 bits per heavy atom. The lowest BCUT2D eigenvalue weighted by molar-refractivity contribution is 0.0257. The van der Waals surface area contributed by atoms with Crippen LogP contribution in [0, 0.1) is 13.8 Å². The van der Waals surface area contributed by atoms with Gasteiger partial charge in [-0.05, 0) is 60.6 Å². The van der Waals surface area contributed by atoms with Crippen LogP contribution >= 0.6 is 0 Å². The molecule has 2 atom stereocenters. The van der Waals surface area contributed by atoms with Gasteiger partial charge in [0, 0.05) is 11.6 Å². The molecular formula is C32H34N4O4S. The highest BCUT2D eigenvalue weighted by atomic mass is 32.2. The van der Waals surface area contributed by atoms with Crippen LogP contribution in [-0.2, 0) is 20.2 Å². The number of carbonyl (C=O) groups is 1. The molecule has 4 aromatic rings. The van der Waals surface area contributed by atoms with E-state index in [9.17, 15) is 13.2 Å². The van der Waals surface area contributed by atoms with Gasteiger partial charge in [-0.25, -0.2) is 22.9 Å². The molecule has 0 saturated carbocycles. The molecule has 0 amide bonds. The molecule has 0 unspecified atom stereocenters. The fourth-order valence-corrected chi connectivity index (χ4v) is 6.22. The molecule has 0 radical (unpaired) electrons. The van der Waals surface area contributed by atoms with Gasteiger partial charge >= 0.3 is 5.97 Å². The highest BCUT2D eigenvalue weighted by molar-refractivity contribution is 7.92. The lowest BCUT2D eigenvalue weighted by Gasteiger charge is -2.28. The molecule has 8 nitrogen and oxygen atoms in total. The van der Waals surface area contributed by atoms with Crippen molar-refractivity contribution in [3.05, 3.63) is 101 Å². The van der Waals surface area contributed by atoms with E-state index >= 15 is 0 Å². The van der Waals surface area contributed by atoms with Crippen LogP contribution in [0.5, 0.6) is 0 Å². The van der Waals surface area contributed by atoms with Crippen molar-refractivity contribution in [1.29, 1.82) is 0 Å². The second-order valence-corrected chi connectivity index (χ2v) is 13.1. The van der Waals surface area contributed by atoms with Crippen molar-refractivity contribution < 1.29 is 17.9 Å². The molecule has 2 N–H and O–H groups in total. The zero-order valence-corrected chi connectivity index (χ0v) is 24.8. The number of aromatic nitrogens is 2. The minimum atomic E-state index is -4.24. The van der Waals surface area contributed by atoms with Crippen molar-refractivity contribution in [2.24, 2.45) is 0 Å². The fraction of sp³-hybridized carbons (Fsp3) is 0.281. The highest BCUT2D eigenvalue weighted by Gasteiger charge is 2.31. The molecule has 3 aromatic carbocycles. The number of fused-ring (bicyclic) bond motifs is 3. The Balaban J connectivity index is 1.69. The van der Waals surface area contributed by atoms with Crippen LogP contribution in [0.3, 0.4) is 0 Å². The van der Waals surface area contributed by atoms with Gasteiger partial charge in [0.25, 0.3) is 10.0 Å². The third-order valence-electron chi connectivity index (χ3n) is 7.25. The number of hydrogen-bond donors (Lipinski definition) is 2. The van der Waals surface area contributed by atoms with Crippen LogP contribution in [-0.4, -0.2) is 30.4 Å². The molecule has 41 heavy (non-hydrogen) atoms. The third kappa shape index (κ3) is 5.81. The van der Waals surface area contributed by atoms with Gasteiger partial charge in [0.2, 0.25) is 5.95 Å². The lowest BCUT2D eigenvalue weighted by atomic mass is 9.86. The number of carbonyl (C=O) groups excluding carboxylic acids is 1. The first-order chi connectivity index (χ1) is 19.3. The van der Waals surface area contributed by atoms with Gasteiger partial charge in [-0.15, -0.1) is 0 Å². The maximum absolute atomic E-state index is 13.6. The summed E-state index contributed by atoms with van der Waals surface area (Å²) < 4.78 is 35.7. The lowest BCUT2D eigenvalue weighted by Crippen LogP contribution is -2.30. The Hall–Kier alpha value is -4.24. The summed E-state index contributed by atoms with van der Waals surface area (Å²) in [6, 6.07) is 21.2. The van der Waals surface area contributed by atoms with E-state index in [0.29, 0.717) is 11.5 Å². The summed E-state index contributed by atoms with van der Waals surface area (Å²) in [7, 11) is -4.24. The number of benzene rings is 3. The number of ether oxygens (including phenoxy) is 1. The molecule has 1 aliphatic heterocycles. The molecular weight excluding hydrogens is 536 g/mol. The number of sulfonamides is 1. The van der Waals surface area contributed by atoms with Crippen molar-refractivity contribution in [1.82, 2.24) is 9.97 Å². The number of rotatable bonds is 2. The third-order valence-corrected chi connectivity index (χ3v) is 8.64. The Bertz CT molecular complexity index is 1710. The summed E-state index contributed by atoms with van der Waals surface area (Å²) in [6.45, 7) is 12.3. The first-order valence-electron chi connectivity index (χ1n) is 13.5. The van der Waals surface area contributed by atoms with Crippen molar-refractivity contribution in [3.63, 3.8) is 0 Å². The quantitative estimate of drug-likeness (QED) is 0.262. The second-order valence-electron chi connectivity index (χ2n) is 11.5. The van der Waals surface area contributed by atoms with Crippen molar-refractivity contribution in [2.45, 2.75) is 64.0 Å². The normalized spacial score (nSPS) is 18.5. The summed E-state index contributed by atoms with van der Waals surface area (Å²) in [5.41, 5.74) is 5.23. The zero-order chi connectivity index (χ0) is 29.5. The van der Waals surface area contributed by atoms with Gasteiger partial charge in [0.1, 0.15) is 16.8 Å². The number of nitrogens with zero attached hydrogens (tertiary/aromatic N) is 2. The fourth-order valence-electron chi connectivity index (χ4n) is 5.08. The molecule has 2 bridgehead atoms. The van der Waals surface area contributed by atoms with E-state index in [0.717, 1.165) is 27.8 Å². The molecule has 1 aliphatic rings. The molecule has 1 aromatic heterocycles. The summed E-state index contributed by atoms with van der Waals surface area (Å²) in [6.07, 6.45) is -0.748. The highest BCUT2D eigenvalue weighted by Crippen LogP contribution is 2.33. The minimum absolute atomic E-state index is 0.0483. The van der Waals surface area contributed by atoms with Gasteiger partial charge < -0.3 is 10.1 Å². The number of nitrogens with one attached hydrogen (secondary N) is 2. The Kier molecular flexibility index (Phi) is 7.33. The van der Waals surface area contributed by atoms with E-state index in [1.165, 1.54) is 12.1 Å². The predicted molar refractivity (Wildman–Crippen MR) is 161 cm³/mol. The first-order valence-corrected chi connectivity index (χ1v) is 15.0. The SMILES string of the molecule is Cc1cccc(C)c1-c1cc2nc(n1)NS(=O)(=O)c1ccccc1C(=O)O[C@H](c1ccc(C(C)(C)C)cc1)[C@@H](C)N2. The van der Waals surface area contributed by atoms with E-state index in [2.05, 4.69) is 40.8 Å². The Morgan fingerprint density at radius 2 is 1.54 bits per heavy atom. The van der Waals surface area contributed by atoms with Gasteiger partial charge in [-0.2, -0.15) is 4.98 Å². The van der Waals surface area contributed by atoms with Crippen molar-refractivity contribution in [2.75, 3.05) is 10.0 Å². The number of esters is 1. The Morgan fingerprint density at radius 1 is 0.878 bits per heavy atom.